The molecule has 0 amide bonds. The molecular weight excluding hydrogens is 218 g/mol. The van der Waals surface area contributed by atoms with E-state index in [2.05, 4.69) is 48.6 Å². The number of hydrogen-bond acceptors (Lipinski definition) is 1. The predicted octanol–water partition coefficient (Wildman–Crippen LogP) is 4.10. The minimum atomic E-state index is 0.538. The zero-order chi connectivity index (χ0) is 12.6. The normalized spacial score (nSPS) is 17.9. The third-order valence-corrected chi connectivity index (χ3v) is 3.76. The predicted molar refractivity (Wildman–Crippen MR) is 78.8 cm³/mol. The molecule has 0 aromatic heterocycles. The van der Waals surface area contributed by atoms with Gasteiger partial charge < -0.3 is 5.32 Å². The molecule has 1 aliphatic rings. The first kappa shape index (κ1) is 13.4. The maximum atomic E-state index is 3.66. The first-order valence-electron chi connectivity index (χ1n) is 7.36. The average Bonchev–Trinajstić information content (AvgIpc) is 2.68. The van der Waals surface area contributed by atoms with E-state index in [-0.39, 0.29) is 0 Å². The van der Waals surface area contributed by atoms with E-state index in [4.69, 9.17) is 0 Å². The van der Waals surface area contributed by atoms with Gasteiger partial charge >= 0.3 is 0 Å². The summed E-state index contributed by atoms with van der Waals surface area (Å²) in [7, 11) is 0. The minimum absolute atomic E-state index is 0.538. The van der Waals surface area contributed by atoms with Crippen LogP contribution in [0.4, 0.5) is 0 Å². The second-order valence-corrected chi connectivity index (χ2v) is 5.18. The third kappa shape index (κ3) is 3.99. The van der Waals surface area contributed by atoms with Gasteiger partial charge in [-0.1, -0.05) is 55.3 Å². The molecule has 1 unspecified atom stereocenters. The van der Waals surface area contributed by atoms with E-state index in [0.717, 1.165) is 13.0 Å². The summed E-state index contributed by atoms with van der Waals surface area (Å²) in [4.78, 5) is 0. The van der Waals surface area contributed by atoms with E-state index in [9.17, 15) is 0 Å². The molecule has 1 aromatic rings. The number of rotatable bonds is 5. The Balaban J connectivity index is 2.05. The van der Waals surface area contributed by atoms with Crippen LogP contribution in [0.5, 0.6) is 0 Å². The Labute approximate surface area is 111 Å². The fraction of sp³-hybridized carbons (Fsp3) is 0.529. The van der Waals surface area contributed by atoms with Gasteiger partial charge in [0.15, 0.2) is 0 Å². The fourth-order valence-electron chi connectivity index (χ4n) is 2.79. The number of hydrogen-bond donors (Lipinski definition) is 1. The van der Waals surface area contributed by atoms with Crippen molar-refractivity contribution in [3.63, 3.8) is 0 Å². The molecule has 0 saturated heterocycles. The Morgan fingerprint density at radius 2 is 1.94 bits per heavy atom. The van der Waals surface area contributed by atoms with E-state index in [1.54, 1.807) is 5.57 Å². The SMILES string of the molecule is CCNC(Cc1ccccc1)C1=CCCCCC1. The molecular formula is C17H25N. The van der Waals surface area contributed by atoms with E-state index in [0.29, 0.717) is 6.04 Å². The first-order valence-corrected chi connectivity index (χ1v) is 7.36. The molecule has 1 nitrogen and oxygen atoms in total. The molecule has 0 radical (unpaired) electrons. The van der Waals surface area contributed by atoms with Crippen molar-refractivity contribution in [2.75, 3.05) is 6.54 Å². The molecule has 1 heteroatoms. The fourth-order valence-corrected chi connectivity index (χ4v) is 2.79. The van der Waals surface area contributed by atoms with Gasteiger partial charge in [-0.05, 0) is 44.2 Å². The van der Waals surface area contributed by atoms with Crippen molar-refractivity contribution >= 4 is 0 Å². The van der Waals surface area contributed by atoms with Crippen molar-refractivity contribution in [1.82, 2.24) is 5.32 Å². The van der Waals surface area contributed by atoms with Crippen LogP contribution in [0.1, 0.15) is 44.6 Å². The zero-order valence-corrected chi connectivity index (χ0v) is 11.5. The van der Waals surface area contributed by atoms with E-state index in [1.807, 2.05) is 0 Å². The summed E-state index contributed by atoms with van der Waals surface area (Å²) in [5.74, 6) is 0. The summed E-state index contributed by atoms with van der Waals surface area (Å²) in [5.41, 5.74) is 3.08. The Bertz CT molecular complexity index is 366. The zero-order valence-electron chi connectivity index (χ0n) is 11.5. The smallest absolute Gasteiger partial charge is 0.0319 e. The van der Waals surface area contributed by atoms with Gasteiger partial charge in [0.2, 0.25) is 0 Å². The van der Waals surface area contributed by atoms with Gasteiger partial charge in [0.1, 0.15) is 0 Å². The number of allylic oxidation sites excluding steroid dienone is 1. The van der Waals surface area contributed by atoms with Gasteiger partial charge in [0.25, 0.3) is 0 Å². The second-order valence-electron chi connectivity index (χ2n) is 5.18. The van der Waals surface area contributed by atoms with Gasteiger partial charge in [0, 0.05) is 6.04 Å². The van der Waals surface area contributed by atoms with Crippen molar-refractivity contribution in [2.45, 2.75) is 51.5 Å². The summed E-state index contributed by atoms with van der Waals surface area (Å²) in [5, 5.41) is 3.66. The average molecular weight is 243 g/mol. The molecule has 0 bridgehead atoms. The van der Waals surface area contributed by atoms with Gasteiger partial charge in [-0.3, -0.25) is 0 Å². The molecule has 2 rings (SSSR count). The maximum Gasteiger partial charge on any atom is 0.0319 e. The highest BCUT2D eigenvalue weighted by Crippen LogP contribution is 2.22. The molecule has 0 saturated carbocycles. The van der Waals surface area contributed by atoms with Crippen LogP contribution in [0.3, 0.4) is 0 Å². The molecule has 0 heterocycles. The van der Waals surface area contributed by atoms with E-state index >= 15 is 0 Å². The van der Waals surface area contributed by atoms with Crippen LogP contribution in [0.25, 0.3) is 0 Å². The van der Waals surface area contributed by atoms with Crippen LogP contribution < -0.4 is 5.32 Å². The minimum Gasteiger partial charge on any atom is -0.310 e. The molecule has 0 fully saturated rings. The van der Waals surface area contributed by atoms with Crippen molar-refractivity contribution in [3.05, 3.63) is 47.5 Å². The van der Waals surface area contributed by atoms with Crippen molar-refractivity contribution < 1.29 is 0 Å². The first-order chi connectivity index (χ1) is 8.90. The maximum absolute atomic E-state index is 3.66. The van der Waals surface area contributed by atoms with E-state index in [1.165, 1.54) is 37.7 Å². The Morgan fingerprint density at radius 3 is 2.72 bits per heavy atom. The molecule has 18 heavy (non-hydrogen) atoms. The topological polar surface area (TPSA) is 12.0 Å². The summed E-state index contributed by atoms with van der Waals surface area (Å²) in [6.07, 6.45) is 10.3. The van der Waals surface area contributed by atoms with Gasteiger partial charge in [-0.2, -0.15) is 0 Å². The van der Waals surface area contributed by atoms with Crippen LogP contribution in [0, 0.1) is 0 Å². The van der Waals surface area contributed by atoms with Crippen LogP contribution in [-0.4, -0.2) is 12.6 Å². The molecule has 0 spiro atoms. The van der Waals surface area contributed by atoms with Crippen molar-refractivity contribution in [3.8, 4) is 0 Å². The van der Waals surface area contributed by atoms with Crippen LogP contribution in [-0.2, 0) is 6.42 Å². The molecule has 1 atom stereocenters. The molecule has 0 aliphatic heterocycles. The molecule has 1 aliphatic carbocycles. The van der Waals surface area contributed by atoms with Gasteiger partial charge in [-0.25, -0.2) is 0 Å². The van der Waals surface area contributed by atoms with Crippen molar-refractivity contribution in [1.29, 1.82) is 0 Å². The Kier molecular flexibility index (Phi) is 5.47. The van der Waals surface area contributed by atoms with Crippen LogP contribution in [0.15, 0.2) is 42.0 Å². The second kappa shape index (κ2) is 7.38. The lowest BCUT2D eigenvalue weighted by atomic mass is 9.95. The molecule has 1 aromatic carbocycles. The van der Waals surface area contributed by atoms with E-state index < -0.39 is 0 Å². The molecule has 1 N–H and O–H groups in total. The molecule has 98 valence electrons. The van der Waals surface area contributed by atoms with Crippen molar-refractivity contribution in [2.24, 2.45) is 0 Å². The summed E-state index contributed by atoms with van der Waals surface area (Å²) < 4.78 is 0. The Morgan fingerprint density at radius 1 is 1.11 bits per heavy atom. The standard InChI is InChI=1S/C17H25N/c1-2-18-17(14-15-10-6-5-7-11-15)16-12-8-3-4-9-13-16/h5-7,10-12,17-18H,2-4,8-9,13-14H2,1H3. The van der Waals surface area contributed by atoms with Gasteiger partial charge in [-0.15, -0.1) is 0 Å². The number of benzene rings is 1. The monoisotopic (exact) mass is 243 g/mol. The summed E-state index contributed by atoms with van der Waals surface area (Å²) in [6.45, 7) is 3.25. The van der Waals surface area contributed by atoms with Gasteiger partial charge in [0.05, 0.1) is 0 Å². The third-order valence-electron chi connectivity index (χ3n) is 3.76. The lowest BCUT2D eigenvalue weighted by Gasteiger charge is -2.21. The summed E-state index contributed by atoms with van der Waals surface area (Å²) in [6, 6.07) is 11.4. The highest BCUT2D eigenvalue weighted by Gasteiger charge is 2.14. The summed E-state index contributed by atoms with van der Waals surface area (Å²) >= 11 is 0. The quantitative estimate of drug-likeness (QED) is 0.768. The largest absolute Gasteiger partial charge is 0.310 e. The highest BCUT2D eigenvalue weighted by molar-refractivity contribution is 5.21. The number of likely N-dealkylation sites (N-methyl/N-ethyl adjacent to an activating group) is 1. The lowest BCUT2D eigenvalue weighted by Crippen LogP contribution is -2.32. The van der Waals surface area contributed by atoms with Crippen LogP contribution >= 0.6 is 0 Å². The highest BCUT2D eigenvalue weighted by atomic mass is 14.9. The Hall–Kier alpha value is -1.08. The van der Waals surface area contributed by atoms with Crippen LogP contribution in [0.2, 0.25) is 0 Å². The lowest BCUT2D eigenvalue weighted by molar-refractivity contribution is 0.562. The number of nitrogens with one attached hydrogen (secondary N) is 1.